The minimum atomic E-state index is -4.54. The number of pyridine rings is 1. The maximum absolute atomic E-state index is 12.4. The average molecular weight is 372 g/mol. The van der Waals surface area contributed by atoms with E-state index in [1.54, 1.807) is 12.1 Å². The van der Waals surface area contributed by atoms with Crippen LogP contribution in [0.1, 0.15) is 16.2 Å². The number of hydrogen-bond donors (Lipinski definition) is 0. The normalized spacial score (nSPS) is 11.7. The van der Waals surface area contributed by atoms with Gasteiger partial charge in [-0.1, -0.05) is 18.2 Å². The number of carbonyl (C=O) groups excluding carboxylic acids is 1. The molecule has 2 heterocycles. The van der Waals surface area contributed by atoms with E-state index < -0.39 is 11.7 Å². The van der Waals surface area contributed by atoms with E-state index in [0.29, 0.717) is 23.2 Å². The van der Waals surface area contributed by atoms with Gasteiger partial charge in [-0.25, -0.2) is 9.67 Å². The first-order valence-electron chi connectivity index (χ1n) is 6.88. The number of allylic oxidation sites excluding steroid dienone is 1. The molecule has 2 aromatic heterocycles. The van der Waals surface area contributed by atoms with Crippen molar-refractivity contribution < 1.29 is 18.0 Å². The minimum Gasteiger partial charge on any atom is -0.296 e. The van der Waals surface area contributed by atoms with Crippen molar-refractivity contribution in [3.63, 3.8) is 0 Å². The maximum Gasteiger partial charge on any atom is 0.417 e. The number of nitrogens with zero attached hydrogens (tertiary/aromatic N) is 5. The number of aldehydes is 1. The van der Waals surface area contributed by atoms with Crippen LogP contribution >= 0.6 is 11.6 Å². The highest BCUT2D eigenvalue weighted by Gasteiger charge is 2.30. The highest BCUT2D eigenvalue weighted by atomic mass is 35.5. The molecule has 2 rings (SSSR count). The molecular weight excluding hydrogens is 359 g/mol. The maximum atomic E-state index is 12.4. The van der Waals surface area contributed by atoms with Crippen LogP contribution in [-0.2, 0) is 6.54 Å². The Morgan fingerprint density at radius 1 is 1.52 bits per heavy atom. The third kappa shape index (κ3) is 4.66. The lowest BCUT2D eigenvalue weighted by atomic mass is 10.3. The second kappa shape index (κ2) is 7.47. The van der Waals surface area contributed by atoms with E-state index >= 15 is 0 Å². The van der Waals surface area contributed by atoms with Crippen LogP contribution in [-0.4, -0.2) is 45.5 Å². The smallest absolute Gasteiger partial charge is 0.296 e. The Balaban J connectivity index is 2.19. The molecule has 0 bridgehead atoms. The predicted octanol–water partition coefficient (Wildman–Crippen LogP) is 3.27. The summed E-state index contributed by atoms with van der Waals surface area (Å²) in [5, 5.41) is 9.39. The predicted molar refractivity (Wildman–Crippen MR) is 86.9 cm³/mol. The van der Waals surface area contributed by atoms with Crippen molar-refractivity contribution in [2.24, 2.45) is 5.10 Å². The largest absolute Gasteiger partial charge is 0.417 e. The number of halogens is 4. The number of hydrogen-bond acceptors (Lipinski definition) is 5. The molecule has 0 fully saturated rings. The van der Waals surface area contributed by atoms with Gasteiger partial charge in [0.2, 0.25) is 0 Å². The Labute approximate surface area is 146 Å². The lowest BCUT2D eigenvalue weighted by Crippen LogP contribution is -2.16. The number of rotatable bonds is 6. The number of aromatic nitrogens is 3. The van der Waals surface area contributed by atoms with Gasteiger partial charge in [0.1, 0.15) is 5.69 Å². The highest BCUT2D eigenvalue weighted by Crippen LogP contribution is 2.22. The third-order valence-corrected chi connectivity index (χ3v) is 3.31. The monoisotopic (exact) mass is 371 g/mol. The van der Waals surface area contributed by atoms with Gasteiger partial charge in [0.25, 0.3) is 0 Å². The Morgan fingerprint density at radius 2 is 2.24 bits per heavy atom. The van der Waals surface area contributed by atoms with E-state index in [2.05, 4.69) is 21.8 Å². The van der Waals surface area contributed by atoms with Gasteiger partial charge in [0.05, 0.1) is 29.0 Å². The summed E-state index contributed by atoms with van der Waals surface area (Å²) in [4.78, 5) is 15.3. The fourth-order valence-corrected chi connectivity index (χ4v) is 2.03. The first-order valence-corrected chi connectivity index (χ1v) is 7.26. The molecule has 0 unspecified atom stereocenters. The molecular formula is C15H13ClF3N5O. The van der Waals surface area contributed by atoms with Gasteiger partial charge < -0.3 is 0 Å². The van der Waals surface area contributed by atoms with Crippen LogP contribution in [0.5, 0.6) is 0 Å². The van der Waals surface area contributed by atoms with E-state index in [-0.39, 0.29) is 18.1 Å². The molecule has 10 heteroatoms. The molecule has 2 aromatic rings. The van der Waals surface area contributed by atoms with Crippen molar-refractivity contribution in [3.8, 4) is 5.82 Å². The summed E-state index contributed by atoms with van der Waals surface area (Å²) in [5.41, 5.74) is -0.465. The highest BCUT2D eigenvalue weighted by molar-refractivity contribution is 6.32. The van der Waals surface area contributed by atoms with Crippen LogP contribution in [0.3, 0.4) is 0 Å². The lowest BCUT2D eigenvalue weighted by molar-refractivity contribution is -0.0853. The number of hydrazone groups is 1. The van der Waals surface area contributed by atoms with Crippen LogP contribution in [0.2, 0.25) is 5.02 Å². The quantitative estimate of drug-likeness (QED) is 0.444. The van der Waals surface area contributed by atoms with Gasteiger partial charge >= 0.3 is 6.18 Å². The summed E-state index contributed by atoms with van der Waals surface area (Å²) in [5.74, 6) is 0.272. The molecule has 25 heavy (non-hydrogen) atoms. The van der Waals surface area contributed by atoms with E-state index in [0.717, 1.165) is 0 Å². The second-order valence-corrected chi connectivity index (χ2v) is 5.39. The molecule has 0 aromatic carbocycles. The molecule has 0 spiro atoms. The zero-order valence-corrected chi connectivity index (χ0v) is 13.8. The van der Waals surface area contributed by atoms with Crippen molar-refractivity contribution in [1.29, 1.82) is 0 Å². The first kappa shape index (κ1) is 18.7. The fraction of sp³-hybridized carbons (Fsp3) is 0.200. The molecule has 0 N–H and O–H groups in total. The second-order valence-electron chi connectivity index (χ2n) is 4.98. The van der Waals surface area contributed by atoms with Crippen LogP contribution in [0.25, 0.3) is 5.82 Å². The van der Waals surface area contributed by atoms with Gasteiger partial charge in [-0.05, 0) is 18.2 Å². The van der Waals surface area contributed by atoms with Crippen molar-refractivity contribution in [2.45, 2.75) is 12.7 Å². The summed E-state index contributed by atoms with van der Waals surface area (Å²) in [6.07, 6.45) is -1.84. The van der Waals surface area contributed by atoms with Gasteiger partial charge in [0, 0.05) is 13.2 Å². The molecule has 0 atom stereocenters. The molecule has 0 saturated carbocycles. The zero-order chi connectivity index (χ0) is 18.6. The standard InChI is InChI=1S/C15H13ClF3N5O/c1-10(15(17,18)19)7-21-23(2)8-11-6-12(9-25)24(22-11)14-13(16)4-3-5-20-14/h3-7,9H,1,8H2,2H3/b21-7-. The van der Waals surface area contributed by atoms with Gasteiger partial charge in [-0.3, -0.25) is 9.80 Å². The molecule has 0 aliphatic rings. The first-order chi connectivity index (χ1) is 11.7. The van der Waals surface area contributed by atoms with Crippen LogP contribution in [0, 0.1) is 0 Å². The van der Waals surface area contributed by atoms with Crippen molar-refractivity contribution in [1.82, 2.24) is 19.8 Å². The number of alkyl halides is 3. The van der Waals surface area contributed by atoms with E-state index in [9.17, 15) is 18.0 Å². The summed E-state index contributed by atoms with van der Waals surface area (Å²) >= 11 is 6.04. The Bertz CT molecular complexity index is 816. The molecule has 0 amide bonds. The molecule has 0 aliphatic carbocycles. The van der Waals surface area contributed by atoms with E-state index in [1.165, 1.54) is 29.0 Å². The third-order valence-electron chi connectivity index (χ3n) is 3.01. The van der Waals surface area contributed by atoms with Gasteiger partial charge in [-0.15, -0.1) is 0 Å². The molecule has 132 valence electrons. The topological polar surface area (TPSA) is 63.4 Å². The number of carbonyl (C=O) groups is 1. The Kier molecular flexibility index (Phi) is 5.58. The lowest BCUT2D eigenvalue weighted by Gasteiger charge is -2.11. The van der Waals surface area contributed by atoms with Crippen LogP contribution in [0.4, 0.5) is 13.2 Å². The van der Waals surface area contributed by atoms with Crippen LogP contribution < -0.4 is 0 Å². The molecule has 0 radical (unpaired) electrons. The Hall–Kier alpha value is -2.68. The van der Waals surface area contributed by atoms with Crippen molar-refractivity contribution in [3.05, 3.63) is 53.0 Å². The average Bonchev–Trinajstić information content (AvgIpc) is 2.94. The van der Waals surface area contributed by atoms with E-state index in [1.807, 2.05) is 0 Å². The molecule has 6 nitrogen and oxygen atoms in total. The fourth-order valence-electron chi connectivity index (χ4n) is 1.83. The SMILES string of the molecule is C=C(/C=N\N(C)Cc1cc(C=O)n(-c2ncccc2Cl)n1)C(F)(F)F. The summed E-state index contributed by atoms with van der Waals surface area (Å²) < 4.78 is 38.4. The molecule has 0 aliphatic heterocycles. The van der Waals surface area contributed by atoms with Crippen molar-refractivity contribution >= 4 is 24.1 Å². The Morgan fingerprint density at radius 3 is 2.84 bits per heavy atom. The van der Waals surface area contributed by atoms with E-state index in [4.69, 9.17) is 11.6 Å². The van der Waals surface area contributed by atoms with Crippen LogP contribution in [0.15, 0.2) is 41.6 Å². The molecule has 0 saturated heterocycles. The minimum absolute atomic E-state index is 0.0694. The summed E-state index contributed by atoms with van der Waals surface area (Å²) in [6, 6.07) is 4.70. The summed E-state index contributed by atoms with van der Waals surface area (Å²) in [6.45, 7) is 2.97. The van der Waals surface area contributed by atoms with Crippen molar-refractivity contribution in [2.75, 3.05) is 7.05 Å². The van der Waals surface area contributed by atoms with Gasteiger partial charge in [-0.2, -0.15) is 23.4 Å². The van der Waals surface area contributed by atoms with Gasteiger partial charge in [0.15, 0.2) is 12.1 Å². The summed E-state index contributed by atoms with van der Waals surface area (Å²) in [7, 11) is 1.47. The zero-order valence-electron chi connectivity index (χ0n) is 13.0.